The van der Waals surface area contributed by atoms with Gasteiger partial charge in [-0.05, 0) is 37.1 Å². The summed E-state index contributed by atoms with van der Waals surface area (Å²) in [7, 11) is 0. The molecule has 0 saturated heterocycles. The van der Waals surface area contributed by atoms with Crippen LogP contribution in [0, 0.1) is 0 Å². The van der Waals surface area contributed by atoms with Gasteiger partial charge in [-0.1, -0.05) is 49.1 Å². The summed E-state index contributed by atoms with van der Waals surface area (Å²) in [4.78, 5) is 0. The lowest BCUT2D eigenvalue weighted by atomic mass is 10.1. The Morgan fingerprint density at radius 2 is 1.87 bits per heavy atom. The second-order valence-corrected chi connectivity index (χ2v) is 5.33. The standard InChI is InChI=1S/C20H25NO2/c1-4-13-23-19-12-11-17(14-20(19)22-5-2)15-21-16(3)18-9-7-6-8-10-18/h4,6-12,14,16,21H,1,5,13,15H2,2-3H3. The van der Waals surface area contributed by atoms with E-state index in [0.29, 0.717) is 19.3 Å². The molecule has 0 heterocycles. The first-order chi connectivity index (χ1) is 11.2. The third kappa shape index (κ3) is 5.15. The van der Waals surface area contributed by atoms with Crippen molar-refractivity contribution in [2.24, 2.45) is 0 Å². The minimum Gasteiger partial charge on any atom is -0.490 e. The van der Waals surface area contributed by atoms with Gasteiger partial charge < -0.3 is 14.8 Å². The Morgan fingerprint density at radius 3 is 2.57 bits per heavy atom. The largest absolute Gasteiger partial charge is 0.490 e. The molecule has 0 aliphatic rings. The van der Waals surface area contributed by atoms with Gasteiger partial charge in [0.05, 0.1) is 6.61 Å². The Kier molecular flexibility index (Phi) is 6.70. The van der Waals surface area contributed by atoms with Crippen molar-refractivity contribution < 1.29 is 9.47 Å². The quantitative estimate of drug-likeness (QED) is 0.692. The van der Waals surface area contributed by atoms with E-state index >= 15 is 0 Å². The molecule has 2 rings (SSSR count). The minimum atomic E-state index is 0.295. The number of rotatable bonds is 9. The summed E-state index contributed by atoms with van der Waals surface area (Å²) >= 11 is 0. The number of benzene rings is 2. The van der Waals surface area contributed by atoms with Crippen molar-refractivity contribution in [1.82, 2.24) is 5.32 Å². The zero-order valence-corrected chi connectivity index (χ0v) is 13.9. The molecule has 0 saturated carbocycles. The zero-order chi connectivity index (χ0) is 16.5. The van der Waals surface area contributed by atoms with Crippen LogP contribution in [0.5, 0.6) is 11.5 Å². The van der Waals surface area contributed by atoms with Gasteiger partial charge in [0.1, 0.15) is 6.61 Å². The number of hydrogen-bond donors (Lipinski definition) is 1. The number of hydrogen-bond acceptors (Lipinski definition) is 3. The van der Waals surface area contributed by atoms with Crippen molar-refractivity contribution in [3.8, 4) is 11.5 Å². The molecule has 0 radical (unpaired) electrons. The van der Waals surface area contributed by atoms with Gasteiger partial charge in [0.2, 0.25) is 0 Å². The molecular weight excluding hydrogens is 286 g/mol. The van der Waals surface area contributed by atoms with Crippen molar-refractivity contribution in [2.45, 2.75) is 26.4 Å². The van der Waals surface area contributed by atoms with Gasteiger partial charge in [-0.15, -0.1) is 0 Å². The summed E-state index contributed by atoms with van der Waals surface area (Å²) in [6.45, 7) is 9.67. The number of nitrogens with one attached hydrogen (secondary N) is 1. The molecule has 0 amide bonds. The van der Waals surface area contributed by atoms with E-state index in [2.05, 4.69) is 49.2 Å². The molecule has 0 bridgehead atoms. The summed E-state index contributed by atoms with van der Waals surface area (Å²) in [5.74, 6) is 1.53. The molecule has 0 spiro atoms. The maximum atomic E-state index is 5.68. The van der Waals surface area contributed by atoms with E-state index in [4.69, 9.17) is 9.47 Å². The molecular formula is C20H25NO2. The highest BCUT2D eigenvalue weighted by molar-refractivity contribution is 5.43. The van der Waals surface area contributed by atoms with Gasteiger partial charge in [0.25, 0.3) is 0 Å². The van der Waals surface area contributed by atoms with Crippen LogP contribution in [-0.2, 0) is 6.54 Å². The van der Waals surface area contributed by atoms with Crippen LogP contribution in [0.15, 0.2) is 61.2 Å². The summed E-state index contributed by atoms with van der Waals surface area (Å²) in [5.41, 5.74) is 2.45. The minimum absolute atomic E-state index is 0.295. The lowest BCUT2D eigenvalue weighted by Gasteiger charge is -2.16. The van der Waals surface area contributed by atoms with Crippen molar-refractivity contribution in [3.63, 3.8) is 0 Å². The van der Waals surface area contributed by atoms with Crippen LogP contribution in [-0.4, -0.2) is 13.2 Å². The van der Waals surface area contributed by atoms with Crippen LogP contribution in [0.4, 0.5) is 0 Å². The van der Waals surface area contributed by atoms with Crippen molar-refractivity contribution in [1.29, 1.82) is 0 Å². The maximum Gasteiger partial charge on any atom is 0.161 e. The van der Waals surface area contributed by atoms with E-state index in [0.717, 1.165) is 18.0 Å². The van der Waals surface area contributed by atoms with Gasteiger partial charge in [-0.2, -0.15) is 0 Å². The molecule has 0 aliphatic carbocycles. The highest BCUT2D eigenvalue weighted by Gasteiger charge is 2.08. The Hall–Kier alpha value is -2.26. The van der Waals surface area contributed by atoms with Gasteiger partial charge >= 0.3 is 0 Å². The fraction of sp³-hybridized carbons (Fsp3) is 0.300. The second kappa shape index (κ2) is 9.01. The molecule has 2 aromatic carbocycles. The molecule has 0 aromatic heterocycles. The predicted molar refractivity (Wildman–Crippen MR) is 95.0 cm³/mol. The highest BCUT2D eigenvalue weighted by Crippen LogP contribution is 2.28. The second-order valence-electron chi connectivity index (χ2n) is 5.33. The third-order valence-corrected chi connectivity index (χ3v) is 3.58. The Morgan fingerprint density at radius 1 is 1.09 bits per heavy atom. The first kappa shape index (κ1) is 17.1. The fourth-order valence-electron chi connectivity index (χ4n) is 2.33. The molecule has 23 heavy (non-hydrogen) atoms. The van der Waals surface area contributed by atoms with Crippen LogP contribution in [0.2, 0.25) is 0 Å². The van der Waals surface area contributed by atoms with E-state index in [-0.39, 0.29) is 0 Å². The number of ether oxygens (including phenoxy) is 2. The Bertz CT molecular complexity index is 610. The van der Waals surface area contributed by atoms with Crippen molar-refractivity contribution in [2.75, 3.05) is 13.2 Å². The molecule has 0 fully saturated rings. The molecule has 1 atom stereocenters. The average molecular weight is 311 g/mol. The molecule has 3 nitrogen and oxygen atoms in total. The Balaban J connectivity index is 2.02. The van der Waals surface area contributed by atoms with Gasteiger partial charge in [-0.3, -0.25) is 0 Å². The van der Waals surface area contributed by atoms with E-state index in [1.165, 1.54) is 11.1 Å². The smallest absolute Gasteiger partial charge is 0.161 e. The molecule has 1 N–H and O–H groups in total. The maximum absolute atomic E-state index is 5.68. The first-order valence-electron chi connectivity index (χ1n) is 8.02. The van der Waals surface area contributed by atoms with Crippen LogP contribution in [0.3, 0.4) is 0 Å². The fourth-order valence-corrected chi connectivity index (χ4v) is 2.33. The van der Waals surface area contributed by atoms with Crippen LogP contribution in [0.25, 0.3) is 0 Å². The summed E-state index contributed by atoms with van der Waals surface area (Å²) in [6, 6.07) is 16.8. The zero-order valence-electron chi connectivity index (χ0n) is 13.9. The molecule has 0 aliphatic heterocycles. The summed E-state index contributed by atoms with van der Waals surface area (Å²) < 4.78 is 11.3. The summed E-state index contributed by atoms with van der Waals surface area (Å²) in [6.07, 6.45) is 1.73. The van der Waals surface area contributed by atoms with E-state index in [9.17, 15) is 0 Å². The van der Waals surface area contributed by atoms with Gasteiger partial charge in [-0.25, -0.2) is 0 Å². The van der Waals surface area contributed by atoms with Crippen LogP contribution in [0.1, 0.15) is 31.0 Å². The van der Waals surface area contributed by atoms with Crippen molar-refractivity contribution in [3.05, 3.63) is 72.3 Å². The average Bonchev–Trinajstić information content (AvgIpc) is 2.60. The predicted octanol–water partition coefficient (Wildman–Crippen LogP) is 4.50. The van der Waals surface area contributed by atoms with Crippen molar-refractivity contribution >= 4 is 0 Å². The monoisotopic (exact) mass is 311 g/mol. The van der Waals surface area contributed by atoms with Crippen LogP contribution < -0.4 is 14.8 Å². The third-order valence-electron chi connectivity index (χ3n) is 3.58. The lowest BCUT2D eigenvalue weighted by molar-refractivity contribution is 0.296. The van der Waals surface area contributed by atoms with Gasteiger partial charge in [0.15, 0.2) is 11.5 Å². The first-order valence-corrected chi connectivity index (χ1v) is 8.02. The molecule has 1 unspecified atom stereocenters. The Labute approximate surface area is 138 Å². The van der Waals surface area contributed by atoms with Gasteiger partial charge in [0, 0.05) is 12.6 Å². The van der Waals surface area contributed by atoms with E-state index in [1.807, 2.05) is 25.1 Å². The topological polar surface area (TPSA) is 30.5 Å². The van der Waals surface area contributed by atoms with Crippen LogP contribution >= 0.6 is 0 Å². The molecule has 3 heteroatoms. The summed E-state index contributed by atoms with van der Waals surface area (Å²) in [5, 5.41) is 3.53. The van der Waals surface area contributed by atoms with E-state index in [1.54, 1.807) is 6.08 Å². The lowest BCUT2D eigenvalue weighted by Crippen LogP contribution is -2.18. The SMILES string of the molecule is C=CCOc1ccc(CNC(C)c2ccccc2)cc1OCC. The highest BCUT2D eigenvalue weighted by atomic mass is 16.5. The molecule has 122 valence electrons. The van der Waals surface area contributed by atoms with E-state index < -0.39 is 0 Å². The normalized spacial score (nSPS) is 11.7. The molecule has 2 aromatic rings.